The van der Waals surface area contributed by atoms with Crippen LogP contribution in [0.3, 0.4) is 0 Å². The van der Waals surface area contributed by atoms with E-state index in [1.165, 1.54) is 19.3 Å². The molecule has 0 amide bonds. The van der Waals surface area contributed by atoms with E-state index in [1.807, 2.05) is 0 Å². The number of aliphatic hydroxyl groups is 1. The average Bonchev–Trinajstić information content (AvgIpc) is 2.12. The Morgan fingerprint density at radius 1 is 1.40 bits per heavy atom. The van der Waals surface area contributed by atoms with Gasteiger partial charge >= 0.3 is 0 Å². The third-order valence-electron chi connectivity index (χ3n) is 1.96. The fourth-order valence-corrected chi connectivity index (χ4v) is 1.31. The fraction of sp³-hybridized carbons (Fsp3) is 0.750. The molecule has 1 unspecified atom stereocenters. The highest BCUT2D eigenvalue weighted by atomic mass is 16.3. The second-order valence-corrected chi connectivity index (χ2v) is 2.85. The molecule has 0 aromatic carbocycles. The molecule has 0 aromatic heterocycles. The molecule has 2 N–H and O–H groups in total. The molecule has 2 nitrogen and oxygen atoms in total. The van der Waals surface area contributed by atoms with Crippen LogP contribution in [0.1, 0.15) is 25.7 Å². The number of hydrogen-bond donors (Lipinski definition) is 2. The van der Waals surface area contributed by atoms with Gasteiger partial charge in [0.15, 0.2) is 0 Å². The van der Waals surface area contributed by atoms with Crippen molar-refractivity contribution in [3.63, 3.8) is 0 Å². The standard InChI is InChI=1S/C8H15NO/c1-7(10)8-5-3-2-4-6-9-8/h8-10H,1-6H2. The minimum absolute atomic E-state index is 0.155. The van der Waals surface area contributed by atoms with Crippen LogP contribution in [0.4, 0.5) is 0 Å². The number of hydrogen-bond acceptors (Lipinski definition) is 2. The normalized spacial score (nSPS) is 27.4. The molecule has 1 rings (SSSR count). The van der Waals surface area contributed by atoms with E-state index in [9.17, 15) is 0 Å². The highest BCUT2D eigenvalue weighted by Crippen LogP contribution is 2.11. The SMILES string of the molecule is C=C(O)C1CCCCCN1. The van der Waals surface area contributed by atoms with E-state index in [4.69, 9.17) is 5.11 Å². The van der Waals surface area contributed by atoms with Gasteiger partial charge < -0.3 is 10.4 Å². The Morgan fingerprint density at radius 3 is 2.90 bits per heavy atom. The number of rotatable bonds is 1. The van der Waals surface area contributed by atoms with Crippen molar-refractivity contribution < 1.29 is 5.11 Å². The molecule has 0 aliphatic carbocycles. The Kier molecular flexibility index (Phi) is 2.75. The van der Waals surface area contributed by atoms with Crippen LogP contribution in [0.5, 0.6) is 0 Å². The molecule has 58 valence electrons. The highest BCUT2D eigenvalue weighted by molar-refractivity contribution is 4.95. The zero-order chi connectivity index (χ0) is 7.40. The molecule has 10 heavy (non-hydrogen) atoms. The third kappa shape index (κ3) is 2.03. The Bertz CT molecular complexity index is 114. The van der Waals surface area contributed by atoms with E-state index < -0.39 is 0 Å². The lowest BCUT2D eigenvalue weighted by atomic mass is 10.1. The van der Waals surface area contributed by atoms with Gasteiger partial charge in [0.1, 0.15) is 5.76 Å². The smallest absolute Gasteiger partial charge is 0.102 e. The predicted molar refractivity (Wildman–Crippen MR) is 42.0 cm³/mol. The molecule has 0 saturated carbocycles. The van der Waals surface area contributed by atoms with Gasteiger partial charge in [-0.2, -0.15) is 0 Å². The third-order valence-corrected chi connectivity index (χ3v) is 1.96. The lowest BCUT2D eigenvalue weighted by Crippen LogP contribution is -2.29. The van der Waals surface area contributed by atoms with Gasteiger partial charge in [0, 0.05) is 0 Å². The van der Waals surface area contributed by atoms with Gasteiger partial charge in [-0.3, -0.25) is 0 Å². The van der Waals surface area contributed by atoms with Crippen LogP contribution in [0.15, 0.2) is 12.3 Å². The highest BCUT2D eigenvalue weighted by Gasteiger charge is 2.12. The minimum atomic E-state index is 0.155. The Morgan fingerprint density at radius 2 is 2.20 bits per heavy atom. The summed E-state index contributed by atoms with van der Waals surface area (Å²) in [7, 11) is 0. The van der Waals surface area contributed by atoms with Crippen LogP contribution in [0.25, 0.3) is 0 Å². The van der Waals surface area contributed by atoms with Gasteiger partial charge in [-0.05, 0) is 19.4 Å². The second kappa shape index (κ2) is 3.62. The lowest BCUT2D eigenvalue weighted by molar-refractivity contribution is 0.338. The zero-order valence-corrected chi connectivity index (χ0v) is 6.27. The van der Waals surface area contributed by atoms with Crippen molar-refractivity contribution in [2.24, 2.45) is 0 Å². The van der Waals surface area contributed by atoms with E-state index in [2.05, 4.69) is 11.9 Å². The summed E-state index contributed by atoms with van der Waals surface area (Å²) in [5.41, 5.74) is 0. The van der Waals surface area contributed by atoms with Crippen LogP contribution < -0.4 is 5.32 Å². The van der Waals surface area contributed by atoms with E-state index >= 15 is 0 Å². The first-order valence-corrected chi connectivity index (χ1v) is 3.92. The minimum Gasteiger partial charge on any atom is -0.511 e. The lowest BCUT2D eigenvalue weighted by Gasteiger charge is -2.12. The maximum absolute atomic E-state index is 9.05. The Balaban J connectivity index is 2.35. The zero-order valence-electron chi connectivity index (χ0n) is 6.27. The Hall–Kier alpha value is -0.500. The van der Waals surface area contributed by atoms with Crippen LogP contribution in [0.2, 0.25) is 0 Å². The molecule has 0 radical (unpaired) electrons. The van der Waals surface area contributed by atoms with Crippen LogP contribution in [0, 0.1) is 0 Å². The van der Waals surface area contributed by atoms with Gasteiger partial charge in [-0.25, -0.2) is 0 Å². The average molecular weight is 141 g/mol. The molecule has 0 spiro atoms. The summed E-state index contributed by atoms with van der Waals surface area (Å²) in [6.07, 6.45) is 4.74. The van der Waals surface area contributed by atoms with Gasteiger partial charge in [0.25, 0.3) is 0 Å². The molecule has 1 atom stereocenters. The van der Waals surface area contributed by atoms with E-state index in [0.29, 0.717) is 5.76 Å². The van der Waals surface area contributed by atoms with Crippen LogP contribution in [-0.4, -0.2) is 17.7 Å². The maximum atomic E-state index is 9.05. The molecule has 0 aromatic rings. The first kappa shape index (κ1) is 7.61. The van der Waals surface area contributed by atoms with Gasteiger partial charge in [0.05, 0.1) is 6.04 Å². The second-order valence-electron chi connectivity index (χ2n) is 2.85. The molecule has 2 heteroatoms. The van der Waals surface area contributed by atoms with Crippen molar-refractivity contribution in [1.29, 1.82) is 0 Å². The fourth-order valence-electron chi connectivity index (χ4n) is 1.31. The van der Waals surface area contributed by atoms with Crippen molar-refractivity contribution in [3.05, 3.63) is 12.3 Å². The summed E-state index contributed by atoms with van der Waals surface area (Å²) < 4.78 is 0. The molecule has 1 aliphatic rings. The van der Waals surface area contributed by atoms with E-state index in [0.717, 1.165) is 13.0 Å². The molecule has 1 aliphatic heterocycles. The van der Waals surface area contributed by atoms with Crippen molar-refractivity contribution in [3.8, 4) is 0 Å². The molecular weight excluding hydrogens is 126 g/mol. The van der Waals surface area contributed by atoms with Crippen molar-refractivity contribution in [1.82, 2.24) is 5.32 Å². The van der Waals surface area contributed by atoms with Gasteiger partial charge in [0.2, 0.25) is 0 Å². The summed E-state index contributed by atoms with van der Waals surface area (Å²) in [6, 6.07) is 0.155. The quantitative estimate of drug-likeness (QED) is 0.543. The molecule has 1 fully saturated rings. The monoisotopic (exact) mass is 141 g/mol. The summed E-state index contributed by atoms with van der Waals surface area (Å²) in [5, 5.41) is 12.3. The number of nitrogens with one attached hydrogen (secondary N) is 1. The van der Waals surface area contributed by atoms with Crippen LogP contribution >= 0.6 is 0 Å². The van der Waals surface area contributed by atoms with E-state index in [-0.39, 0.29) is 6.04 Å². The largest absolute Gasteiger partial charge is 0.511 e. The van der Waals surface area contributed by atoms with E-state index in [1.54, 1.807) is 0 Å². The molecule has 1 heterocycles. The van der Waals surface area contributed by atoms with Crippen molar-refractivity contribution in [2.45, 2.75) is 31.7 Å². The summed E-state index contributed by atoms with van der Waals surface area (Å²) in [4.78, 5) is 0. The van der Waals surface area contributed by atoms with Gasteiger partial charge in [-0.15, -0.1) is 0 Å². The summed E-state index contributed by atoms with van der Waals surface area (Å²) >= 11 is 0. The molecule has 0 bridgehead atoms. The number of aliphatic hydroxyl groups excluding tert-OH is 1. The topological polar surface area (TPSA) is 32.3 Å². The summed E-state index contributed by atoms with van der Waals surface area (Å²) in [6.45, 7) is 4.53. The molecule has 1 saturated heterocycles. The summed E-state index contributed by atoms with van der Waals surface area (Å²) in [5.74, 6) is 0.293. The van der Waals surface area contributed by atoms with Crippen LogP contribution in [-0.2, 0) is 0 Å². The maximum Gasteiger partial charge on any atom is 0.102 e. The first-order chi connectivity index (χ1) is 4.80. The van der Waals surface area contributed by atoms with Crippen molar-refractivity contribution >= 4 is 0 Å². The Labute approximate surface area is 61.9 Å². The van der Waals surface area contributed by atoms with Gasteiger partial charge in [-0.1, -0.05) is 19.4 Å². The first-order valence-electron chi connectivity index (χ1n) is 3.92. The van der Waals surface area contributed by atoms with Crippen molar-refractivity contribution in [2.75, 3.05) is 6.54 Å². The molecular formula is C8H15NO. The predicted octanol–water partition coefficient (Wildman–Crippen LogP) is 1.59.